The second-order valence-electron chi connectivity index (χ2n) is 6.94. The molecule has 1 saturated carbocycles. The molecular formula is C18H20FN3O. The Bertz CT molecular complexity index is 772. The molecular weight excluding hydrogens is 293 g/mol. The molecule has 2 N–H and O–H groups in total. The number of nitrogens with zero attached hydrogens (tertiary/aromatic N) is 2. The van der Waals surface area contributed by atoms with E-state index in [4.69, 9.17) is 5.73 Å². The molecule has 120 valence electrons. The van der Waals surface area contributed by atoms with E-state index in [1.807, 2.05) is 12.1 Å². The minimum atomic E-state index is -0.240. The summed E-state index contributed by atoms with van der Waals surface area (Å²) >= 11 is 0. The second kappa shape index (κ2) is 5.18. The van der Waals surface area contributed by atoms with Gasteiger partial charge in [0.05, 0.1) is 5.52 Å². The molecule has 1 saturated heterocycles. The van der Waals surface area contributed by atoms with E-state index >= 15 is 0 Å². The smallest absolute Gasteiger partial charge is 0.217 e. The predicted octanol–water partition coefficient (Wildman–Crippen LogP) is 2.86. The Hall–Kier alpha value is -2.17. The highest BCUT2D eigenvalue weighted by Gasteiger charge is 2.51. The Balaban J connectivity index is 1.53. The lowest BCUT2D eigenvalue weighted by Crippen LogP contribution is -2.27. The maximum Gasteiger partial charge on any atom is 0.217 e. The first-order valence-electron chi connectivity index (χ1n) is 8.15. The molecule has 0 spiro atoms. The van der Waals surface area contributed by atoms with E-state index < -0.39 is 0 Å². The summed E-state index contributed by atoms with van der Waals surface area (Å²) in [4.78, 5) is 18.2. The third kappa shape index (κ3) is 2.64. The molecule has 1 aromatic heterocycles. The van der Waals surface area contributed by atoms with Crippen molar-refractivity contribution in [3.63, 3.8) is 0 Å². The molecule has 0 bridgehead atoms. The number of carbonyl (C=O) groups excluding carboxylic acids is 1. The van der Waals surface area contributed by atoms with Crippen LogP contribution in [-0.4, -0.2) is 24.0 Å². The number of aromatic nitrogens is 1. The van der Waals surface area contributed by atoms with Gasteiger partial charge in [0.15, 0.2) is 0 Å². The highest BCUT2D eigenvalue weighted by Crippen LogP contribution is 2.57. The fourth-order valence-electron chi connectivity index (χ4n) is 3.97. The van der Waals surface area contributed by atoms with Gasteiger partial charge in [0, 0.05) is 24.9 Å². The van der Waals surface area contributed by atoms with Crippen molar-refractivity contribution in [1.29, 1.82) is 0 Å². The van der Waals surface area contributed by atoms with Crippen molar-refractivity contribution in [2.75, 3.05) is 18.0 Å². The molecule has 4 nitrogen and oxygen atoms in total. The molecule has 1 amide bonds. The molecule has 5 heteroatoms. The summed E-state index contributed by atoms with van der Waals surface area (Å²) in [6.45, 7) is 1.87. The Morgan fingerprint density at radius 1 is 1.35 bits per heavy atom. The van der Waals surface area contributed by atoms with Crippen LogP contribution in [0, 0.1) is 17.2 Å². The van der Waals surface area contributed by atoms with Crippen molar-refractivity contribution in [1.82, 2.24) is 4.98 Å². The van der Waals surface area contributed by atoms with Gasteiger partial charge in [-0.2, -0.15) is 0 Å². The van der Waals surface area contributed by atoms with Crippen LogP contribution in [-0.2, 0) is 4.79 Å². The van der Waals surface area contributed by atoms with Crippen LogP contribution >= 0.6 is 0 Å². The molecule has 23 heavy (non-hydrogen) atoms. The zero-order valence-electron chi connectivity index (χ0n) is 13.0. The van der Waals surface area contributed by atoms with Gasteiger partial charge < -0.3 is 10.6 Å². The average molecular weight is 313 g/mol. The number of halogens is 1. The number of hydrogen-bond donors (Lipinski definition) is 1. The minimum Gasteiger partial charge on any atom is -0.370 e. The summed E-state index contributed by atoms with van der Waals surface area (Å²) in [6.07, 6.45) is 3.81. The number of carbonyl (C=O) groups is 1. The van der Waals surface area contributed by atoms with E-state index in [1.165, 1.54) is 12.1 Å². The van der Waals surface area contributed by atoms with Gasteiger partial charge in [-0.25, -0.2) is 9.37 Å². The number of rotatable bonds is 4. The number of hydrogen-bond acceptors (Lipinski definition) is 3. The van der Waals surface area contributed by atoms with Crippen molar-refractivity contribution < 1.29 is 9.18 Å². The number of amides is 1. The maximum absolute atomic E-state index is 13.3. The Morgan fingerprint density at radius 2 is 2.17 bits per heavy atom. The third-order valence-electron chi connectivity index (χ3n) is 5.43. The van der Waals surface area contributed by atoms with Gasteiger partial charge in [-0.1, -0.05) is 0 Å². The van der Waals surface area contributed by atoms with E-state index in [-0.39, 0.29) is 17.1 Å². The minimum absolute atomic E-state index is 0.139. The molecule has 2 aliphatic rings. The summed E-state index contributed by atoms with van der Waals surface area (Å²) in [7, 11) is 0. The topological polar surface area (TPSA) is 59.2 Å². The number of nitrogens with two attached hydrogens (primary N) is 1. The molecule has 1 atom stereocenters. The monoisotopic (exact) mass is 313 g/mol. The molecule has 1 aliphatic carbocycles. The summed E-state index contributed by atoms with van der Waals surface area (Å²) in [5.74, 6) is 1.02. The van der Waals surface area contributed by atoms with Gasteiger partial charge in [0.1, 0.15) is 11.6 Å². The highest BCUT2D eigenvalue weighted by molar-refractivity contribution is 5.80. The third-order valence-corrected chi connectivity index (χ3v) is 5.43. The largest absolute Gasteiger partial charge is 0.370 e. The summed E-state index contributed by atoms with van der Waals surface area (Å²) in [5.41, 5.74) is 6.36. The summed E-state index contributed by atoms with van der Waals surface area (Å²) in [6, 6.07) is 8.54. The van der Waals surface area contributed by atoms with Gasteiger partial charge in [0.25, 0.3) is 0 Å². The number of anilines is 1. The second-order valence-corrected chi connectivity index (χ2v) is 6.94. The van der Waals surface area contributed by atoms with Crippen molar-refractivity contribution in [2.45, 2.75) is 25.7 Å². The van der Waals surface area contributed by atoms with E-state index in [2.05, 4.69) is 9.88 Å². The van der Waals surface area contributed by atoms with E-state index in [9.17, 15) is 9.18 Å². The van der Waals surface area contributed by atoms with Gasteiger partial charge >= 0.3 is 0 Å². The van der Waals surface area contributed by atoms with Crippen LogP contribution in [0.15, 0.2) is 30.3 Å². The van der Waals surface area contributed by atoms with Crippen LogP contribution in [0.25, 0.3) is 10.9 Å². The number of benzene rings is 1. The van der Waals surface area contributed by atoms with Crippen LogP contribution in [0.4, 0.5) is 10.2 Å². The van der Waals surface area contributed by atoms with E-state index in [0.29, 0.717) is 12.3 Å². The zero-order chi connectivity index (χ0) is 16.0. The Kier molecular flexibility index (Phi) is 3.25. The van der Waals surface area contributed by atoms with Crippen LogP contribution in [0.1, 0.15) is 25.7 Å². The Labute approximate surface area is 134 Å². The van der Waals surface area contributed by atoms with Crippen molar-refractivity contribution >= 4 is 22.6 Å². The van der Waals surface area contributed by atoms with Crippen LogP contribution in [0.3, 0.4) is 0 Å². The van der Waals surface area contributed by atoms with Crippen LogP contribution in [0.2, 0.25) is 0 Å². The Morgan fingerprint density at radius 3 is 2.91 bits per heavy atom. The summed E-state index contributed by atoms with van der Waals surface area (Å²) in [5, 5.41) is 0.817. The number of pyridine rings is 1. The fourth-order valence-corrected chi connectivity index (χ4v) is 3.97. The zero-order valence-corrected chi connectivity index (χ0v) is 13.0. The first kappa shape index (κ1) is 14.4. The average Bonchev–Trinajstić information content (AvgIpc) is 3.11. The molecule has 0 unspecified atom stereocenters. The van der Waals surface area contributed by atoms with Gasteiger partial charge in [-0.3, -0.25) is 4.79 Å². The quantitative estimate of drug-likeness (QED) is 0.944. The predicted molar refractivity (Wildman–Crippen MR) is 87.5 cm³/mol. The lowest BCUT2D eigenvalue weighted by Gasteiger charge is -2.23. The lowest BCUT2D eigenvalue weighted by atomic mass is 9.85. The first-order valence-corrected chi connectivity index (χ1v) is 8.15. The van der Waals surface area contributed by atoms with Gasteiger partial charge in [-0.05, 0) is 60.9 Å². The van der Waals surface area contributed by atoms with E-state index in [1.54, 1.807) is 6.07 Å². The number of primary amides is 1. The van der Waals surface area contributed by atoms with Crippen LogP contribution in [0.5, 0.6) is 0 Å². The molecule has 2 aromatic rings. The standard InChI is InChI=1S/C18H20FN3O/c19-14-2-3-15-12(9-14)1-4-17(21-15)22-8-5-13(11-22)18(6-7-18)10-16(20)23/h1-4,9,13H,5-8,10-11H2,(H2,20,23)/t13-/m0/s1. The van der Waals surface area contributed by atoms with Crippen molar-refractivity contribution in [3.8, 4) is 0 Å². The molecule has 1 aromatic carbocycles. The molecule has 2 heterocycles. The van der Waals surface area contributed by atoms with E-state index in [0.717, 1.165) is 49.1 Å². The highest BCUT2D eigenvalue weighted by atomic mass is 19.1. The van der Waals surface area contributed by atoms with Gasteiger partial charge in [0.2, 0.25) is 5.91 Å². The molecule has 1 aliphatic heterocycles. The molecule has 2 fully saturated rings. The first-order chi connectivity index (χ1) is 11.1. The van der Waals surface area contributed by atoms with Crippen molar-refractivity contribution in [2.24, 2.45) is 17.1 Å². The van der Waals surface area contributed by atoms with Crippen LogP contribution < -0.4 is 10.6 Å². The van der Waals surface area contributed by atoms with Gasteiger partial charge in [-0.15, -0.1) is 0 Å². The SMILES string of the molecule is NC(=O)CC1([C@H]2CCN(c3ccc4cc(F)ccc4n3)C2)CC1. The fraction of sp³-hybridized carbons (Fsp3) is 0.444. The van der Waals surface area contributed by atoms with Crippen molar-refractivity contribution in [3.05, 3.63) is 36.1 Å². The maximum atomic E-state index is 13.3. The normalized spacial score (nSPS) is 22.5. The lowest BCUT2D eigenvalue weighted by molar-refractivity contribution is -0.119. The number of fused-ring (bicyclic) bond motifs is 1. The summed E-state index contributed by atoms with van der Waals surface area (Å²) < 4.78 is 13.3. The molecule has 0 radical (unpaired) electrons. The molecule has 4 rings (SSSR count).